The predicted octanol–water partition coefficient (Wildman–Crippen LogP) is 3.72. The number of carbonyl (C=O) groups is 1. The number of esters is 1. The van der Waals surface area contributed by atoms with Crippen molar-refractivity contribution in [2.75, 3.05) is 18.2 Å². The molecule has 0 bridgehead atoms. The van der Waals surface area contributed by atoms with E-state index in [-0.39, 0.29) is 5.69 Å². The number of hydrogen-bond acceptors (Lipinski definition) is 5. The molecule has 0 aliphatic heterocycles. The van der Waals surface area contributed by atoms with Gasteiger partial charge < -0.3 is 15.8 Å². The summed E-state index contributed by atoms with van der Waals surface area (Å²) in [5.41, 5.74) is 7.26. The number of nitrogens with two attached hydrogens (primary N) is 1. The zero-order chi connectivity index (χ0) is 14.7. The molecule has 1 heterocycles. The van der Waals surface area contributed by atoms with E-state index in [4.69, 9.17) is 5.73 Å². The molecule has 20 heavy (non-hydrogen) atoms. The number of halogens is 2. The van der Waals surface area contributed by atoms with E-state index in [0.717, 1.165) is 14.6 Å². The molecule has 0 aliphatic rings. The molecule has 0 fully saturated rings. The topological polar surface area (TPSA) is 77.2 Å². The van der Waals surface area contributed by atoms with Crippen LogP contribution in [0.2, 0.25) is 0 Å². The number of para-hydroxylation sites is 1. The van der Waals surface area contributed by atoms with Gasteiger partial charge in [-0.2, -0.15) is 0 Å². The minimum absolute atomic E-state index is 0.187. The monoisotopic (exact) mass is 399 g/mol. The van der Waals surface area contributed by atoms with Crippen molar-refractivity contribution in [3.63, 3.8) is 0 Å². The van der Waals surface area contributed by atoms with Gasteiger partial charge in [-0.3, -0.25) is 0 Å². The first-order chi connectivity index (χ1) is 9.52. The van der Waals surface area contributed by atoms with E-state index in [1.807, 2.05) is 18.2 Å². The fourth-order valence-electron chi connectivity index (χ4n) is 1.52. The highest BCUT2D eigenvalue weighted by molar-refractivity contribution is 9.11. The Bertz CT molecular complexity index is 642. The highest BCUT2D eigenvalue weighted by atomic mass is 79.9. The first-order valence-corrected chi connectivity index (χ1v) is 7.17. The minimum atomic E-state index is -0.515. The molecule has 0 aliphatic carbocycles. The summed E-state index contributed by atoms with van der Waals surface area (Å²) in [6.45, 7) is 0. The number of nitrogens with one attached hydrogen (secondary N) is 1. The number of carbonyl (C=O) groups excluding carboxylic acids is 1. The van der Waals surface area contributed by atoms with Gasteiger partial charge in [-0.15, -0.1) is 0 Å². The van der Waals surface area contributed by atoms with Gasteiger partial charge in [0, 0.05) is 8.95 Å². The van der Waals surface area contributed by atoms with E-state index in [1.165, 1.54) is 13.2 Å². The molecule has 0 spiro atoms. The number of aromatic nitrogens is 1. The summed E-state index contributed by atoms with van der Waals surface area (Å²) in [6, 6.07) is 8.77. The zero-order valence-electron chi connectivity index (χ0n) is 10.5. The Balaban J connectivity index is 2.40. The van der Waals surface area contributed by atoms with Crippen molar-refractivity contribution in [3.8, 4) is 0 Å². The number of nitrogens with zero attached hydrogens (tertiary/aromatic N) is 1. The average molecular weight is 401 g/mol. The lowest BCUT2D eigenvalue weighted by molar-refractivity contribution is 0.0594. The Morgan fingerprint density at radius 3 is 2.50 bits per heavy atom. The Morgan fingerprint density at radius 1 is 1.25 bits per heavy atom. The summed E-state index contributed by atoms with van der Waals surface area (Å²) in [5, 5.41) is 3.09. The second-order valence-corrected chi connectivity index (χ2v) is 5.56. The minimum Gasteiger partial charge on any atom is -0.464 e. The van der Waals surface area contributed by atoms with Crippen molar-refractivity contribution in [2.24, 2.45) is 0 Å². The Kier molecular flexibility index (Phi) is 4.61. The smallest absolute Gasteiger partial charge is 0.356 e. The third-order valence-corrected chi connectivity index (χ3v) is 3.85. The lowest BCUT2D eigenvalue weighted by atomic mass is 10.3. The molecule has 2 aromatic rings. The third kappa shape index (κ3) is 3.10. The maximum absolute atomic E-state index is 11.5. The molecule has 0 amide bonds. The molecule has 3 N–H and O–H groups in total. The molecule has 104 valence electrons. The lowest BCUT2D eigenvalue weighted by Crippen LogP contribution is -2.08. The van der Waals surface area contributed by atoms with Crippen LogP contribution in [-0.2, 0) is 4.74 Å². The largest absolute Gasteiger partial charge is 0.464 e. The van der Waals surface area contributed by atoms with Gasteiger partial charge in [-0.1, -0.05) is 6.07 Å². The van der Waals surface area contributed by atoms with Crippen LogP contribution in [0.25, 0.3) is 0 Å². The second kappa shape index (κ2) is 6.23. The third-order valence-electron chi connectivity index (χ3n) is 2.53. The maximum atomic E-state index is 11.5. The number of ether oxygens (including phenoxy) is 1. The Labute approximate surface area is 132 Å². The van der Waals surface area contributed by atoms with Crippen LogP contribution in [0.15, 0.2) is 39.3 Å². The quantitative estimate of drug-likeness (QED) is 0.767. The fourth-order valence-corrected chi connectivity index (χ4v) is 2.72. The van der Waals surface area contributed by atoms with Crippen LogP contribution in [0, 0.1) is 0 Å². The molecule has 0 radical (unpaired) electrons. The average Bonchev–Trinajstić information content (AvgIpc) is 2.44. The molecular formula is C13H11Br2N3O2. The van der Waals surface area contributed by atoms with E-state index >= 15 is 0 Å². The molecule has 7 heteroatoms. The van der Waals surface area contributed by atoms with Crippen LogP contribution in [-0.4, -0.2) is 18.1 Å². The summed E-state index contributed by atoms with van der Waals surface area (Å²) in [4.78, 5) is 15.7. The van der Waals surface area contributed by atoms with Crippen LogP contribution >= 0.6 is 31.9 Å². The molecule has 0 unspecified atom stereocenters. The molecule has 2 rings (SSSR count). The number of nitrogen functional groups attached to an aromatic ring is 1. The van der Waals surface area contributed by atoms with Crippen molar-refractivity contribution in [1.82, 2.24) is 4.98 Å². The van der Waals surface area contributed by atoms with E-state index in [1.54, 1.807) is 6.07 Å². The van der Waals surface area contributed by atoms with Crippen LogP contribution in [0.5, 0.6) is 0 Å². The van der Waals surface area contributed by atoms with Gasteiger partial charge in [0.1, 0.15) is 0 Å². The van der Waals surface area contributed by atoms with Gasteiger partial charge in [-0.25, -0.2) is 9.78 Å². The van der Waals surface area contributed by atoms with E-state index in [9.17, 15) is 4.79 Å². The lowest BCUT2D eigenvalue weighted by Gasteiger charge is -2.12. The van der Waals surface area contributed by atoms with Crippen molar-refractivity contribution >= 4 is 55.0 Å². The zero-order valence-corrected chi connectivity index (χ0v) is 13.7. The van der Waals surface area contributed by atoms with Crippen molar-refractivity contribution in [3.05, 3.63) is 45.0 Å². The van der Waals surface area contributed by atoms with Crippen LogP contribution in [0.4, 0.5) is 17.2 Å². The molecule has 0 atom stereocenters. The highest BCUT2D eigenvalue weighted by Crippen LogP contribution is 2.34. The predicted molar refractivity (Wildman–Crippen MR) is 85.1 cm³/mol. The van der Waals surface area contributed by atoms with Gasteiger partial charge >= 0.3 is 5.97 Å². The molecular weight excluding hydrogens is 390 g/mol. The second-order valence-electron chi connectivity index (χ2n) is 3.85. The first-order valence-electron chi connectivity index (χ1n) is 5.59. The number of hydrogen-bond donors (Lipinski definition) is 2. The molecule has 1 aromatic heterocycles. The van der Waals surface area contributed by atoms with Crippen molar-refractivity contribution < 1.29 is 9.53 Å². The summed E-state index contributed by atoms with van der Waals surface area (Å²) >= 11 is 6.88. The summed E-state index contributed by atoms with van der Waals surface area (Å²) in [5.74, 6) is -0.125. The number of pyridine rings is 1. The number of rotatable bonds is 3. The van der Waals surface area contributed by atoms with Gasteiger partial charge in [0.25, 0.3) is 0 Å². The normalized spacial score (nSPS) is 10.2. The Morgan fingerprint density at radius 2 is 1.90 bits per heavy atom. The standard InChI is InChI=1S/C13H11Br2N3O2/c1-20-13(19)10-6-5-9(16)12(17-10)18-11-7(14)3-2-4-8(11)15/h2-6H,16H2,1H3,(H,17,18). The van der Waals surface area contributed by atoms with E-state index in [0.29, 0.717) is 11.5 Å². The van der Waals surface area contributed by atoms with Crippen molar-refractivity contribution in [1.29, 1.82) is 0 Å². The molecule has 1 aromatic carbocycles. The molecule has 5 nitrogen and oxygen atoms in total. The number of methoxy groups -OCH3 is 1. The molecule has 0 saturated carbocycles. The first kappa shape index (κ1) is 14.8. The number of anilines is 3. The summed E-state index contributed by atoms with van der Waals surface area (Å²) in [7, 11) is 1.30. The van der Waals surface area contributed by atoms with Gasteiger partial charge in [0.05, 0.1) is 18.5 Å². The van der Waals surface area contributed by atoms with E-state index < -0.39 is 5.97 Å². The Hall–Kier alpha value is -1.60. The SMILES string of the molecule is COC(=O)c1ccc(N)c(Nc2c(Br)cccc2Br)n1. The van der Waals surface area contributed by atoms with E-state index in [2.05, 4.69) is 46.9 Å². The van der Waals surface area contributed by atoms with Crippen LogP contribution in [0.3, 0.4) is 0 Å². The fraction of sp³-hybridized carbons (Fsp3) is 0.0769. The van der Waals surface area contributed by atoms with Crippen molar-refractivity contribution in [2.45, 2.75) is 0 Å². The number of benzene rings is 1. The van der Waals surface area contributed by atoms with Crippen LogP contribution in [0.1, 0.15) is 10.5 Å². The molecule has 0 saturated heterocycles. The van der Waals surface area contributed by atoms with Gasteiger partial charge in [-0.05, 0) is 56.1 Å². The van der Waals surface area contributed by atoms with Gasteiger partial charge in [0.15, 0.2) is 11.5 Å². The van der Waals surface area contributed by atoms with Crippen LogP contribution < -0.4 is 11.1 Å². The summed E-state index contributed by atoms with van der Waals surface area (Å²) in [6.07, 6.45) is 0. The maximum Gasteiger partial charge on any atom is 0.356 e. The highest BCUT2D eigenvalue weighted by Gasteiger charge is 2.12. The van der Waals surface area contributed by atoms with Gasteiger partial charge in [0.2, 0.25) is 0 Å². The summed E-state index contributed by atoms with van der Waals surface area (Å²) < 4.78 is 6.33.